The van der Waals surface area contributed by atoms with Crippen molar-refractivity contribution in [2.45, 2.75) is 6.18 Å². The third-order valence-electron chi connectivity index (χ3n) is 5.68. The highest BCUT2D eigenvalue weighted by Gasteiger charge is 2.38. The number of carbonyl (C=O) groups excluding carboxylic acids is 1. The van der Waals surface area contributed by atoms with Gasteiger partial charge in [-0.05, 0) is 42.5 Å². The van der Waals surface area contributed by atoms with Gasteiger partial charge in [0, 0.05) is 49.7 Å². The topological polar surface area (TPSA) is 115 Å². The molecule has 3 aromatic rings. The number of methoxy groups -OCH3 is 1. The largest absolute Gasteiger partial charge is 0.497 e. The summed E-state index contributed by atoms with van der Waals surface area (Å²) in [4.78, 5) is 24.0. The Morgan fingerprint density at radius 2 is 1.85 bits per heavy atom. The van der Waals surface area contributed by atoms with Crippen molar-refractivity contribution in [2.75, 3.05) is 51.9 Å². The van der Waals surface area contributed by atoms with Gasteiger partial charge in [-0.2, -0.15) is 18.3 Å². The summed E-state index contributed by atoms with van der Waals surface area (Å²) in [5.41, 5.74) is 2.98. The van der Waals surface area contributed by atoms with Crippen LogP contribution in [0.3, 0.4) is 0 Å². The molecule has 1 fully saturated rings. The molecule has 0 aliphatic carbocycles. The molecule has 0 atom stereocenters. The zero-order chi connectivity index (χ0) is 28.4. The van der Waals surface area contributed by atoms with Gasteiger partial charge in [-0.1, -0.05) is 6.07 Å². The second-order valence-corrected chi connectivity index (χ2v) is 8.34. The van der Waals surface area contributed by atoms with E-state index in [1.54, 1.807) is 42.3 Å². The summed E-state index contributed by atoms with van der Waals surface area (Å²) < 4.78 is 50.3. The number of carbonyl (C=O) groups is 2. The number of carboxylic acids is 1. The lowest BCUT2D eigenvalue weighted by Crippen LogP contribution is -2.38. The first-order chi connectivity index (χ1) is 18.6. The van der Waals surface area contributed by atoms with Gasteiger partial charge in [0.15, 0.2) is 0 Å². The van der Waals surface area contributed by atoms with E-state index in [0.29, 0.717) is 23.6 Å². The zero-order valence-electron chi connectivity index (χ0n) is 21.4. The van der Waals surface area contributed by atoms with Crippen LogP contribution < -0.4 is 14.8 Å². The van der Waals surface area contributed by atoms with Gasteiger partial charge in [0.1, 0.15) is 18.1 Å². The summed E-state index contributed by atoms with van der Waals surface area (Å²) in [5, 5.41) is 14.4. The number of aryl methyl sites for hydroxylation is 1. The van der Waals surface area contributed by atoms with Crippen molar-refractivity contribution in [1.82, 2.24) is 14.7 Å². The highest BCUT2D eigenvalue weighted by atomic mass is 19.4. The fourth-order valence-corrected chi connectivity index (χ4v) is 3.65. The Kier molecular flexibility index (Phi) is 10.3. The van der Waals surface area contributed by atoms with E-state index in [1.807, 2.05) is 31.3 Å². The summed E-state index contributed by atoms with van der Waals surface area (Å²) in [6.07, 6.45) is -3.34. The van der Waals surface area contributed by atoms with Crippen LogP contribution in [0.2, 0.25) is 0 Å². The fraction of sp³-hybridized carbons (Fsp3) is 0.346. The Labute approximate surface area is 222 Å². The van der Waals surface area contributed by atoms with Crippen molar-refractivity contribution < 1.29 is 42.1 Å². The predicted molar refractivity (Wildman–Crippen MR) is 136 cm³/mol. The quantitative estimate of drug-likeness (QED) is 0.437. The van der Waals surface area contributed by atoms with Gasteiger partial charge in [0.2, 0.25) is 0 Å². The molecule has 2 aromatic carbocycles. The molecule has 2 heterocycles. The highest BCUT2D eigenvalue weighted by molar-refractivity contribution is 6.04. The SMILES string of the molecule is COc1cccc(C(=O)Nc2ccc(OCCN3CCOCC3)c(-c3ccnn3C)c2)c1.O=C(O)C(F)(F)F. The van der Waals surface area contributed by atoms with E-state index in [0.717, 1.165) is 49.9 Å². The Bertz CT molecular complexity index is 1260. The van der Waals surface area contributed by atoms with Gasteiger partial charge in [0.05, 0.1) is 26.0 Å². The lowest BCUT2D eigenvalue weighted by molar-refractivity contribution is -0.192. The van der Waals surface area contributed by atoms with Crippen LogP contribution in [0.4, 0.5) is 18.9 Å². The van der Waals surface area contributed by atoms with Crippen molar-refractivity contribution in [3.8, 4) is 22.8 Å². The smallest absolute Gasteiger partial charge is 0.490 e. The third kappa shape index (κ3) is 8.72. The van der Waals surface area contributed by atoms with Gasteiger partial charge in [-0.25, -0.2) is 4.79 Å². The first kappa shape index (κ1) is 29.5. The number of alkyl halides is 3. The van der Waals surface area contributed by atoms with Crippen LogP contribution in [0, 0.1) is 0 Å². The summed E-state index contributed by atoms with van der Waals surface area (Å²) >= 11 is 0. The second-order valence-electron chi connectivity index (χ2n) is 8.34. The molecule has 210 valence electrons. The van der Waals surface area contributed by atoms with Gasteiger partial charge in [-0.15, -0.1) is 0 Å². The average Bonchev–Trinajstić information content (AvgIpc) is 3.35. The molecule has 1 aliphatic rings. The predicted octanol–water partition coefficient (Wildman–Crippen LogP) is 3.69. The summed E-state index contributed by atoms with van der Waals surface area (Å²) in [7, 11) is 3.46. The van der Waals surface area contributed by atoms with Crippen LogP contribution in [0.1, 0.15) is 10.4 Å². The molecule has 0 saturated carbocycles. The van der Waals surface area contributed by atoms with Gasteiger partial charge < -0.3 is 24.6 Å². The number of nitrogens with one attached hydrogen (secondary N) is 1. The molecule has 1 saturated heterocycles. The van der Waals surface area contributed by atoms with Crippen LogP contribution in [0.25, 0.3) is 11.3 Å². The molecule has 0 unspecified atom stereocenters. The average molecular weight is 551 g/mol. The number of carboxylic acid groups (broad SMARTS) is 1. The summed E-state index contributed by atoms with van der Waals surface area (Å²) in [6, 6.07) is 14.6. The van der Waals surface area contributed by atoms with E-state index in [9.17, 15) is 18.0 Å². The number of rotatable bonds is 8. The third-order valence-corrected chi connectivity index (χ3v) is 5.68. The number of aromatic nitrogens is 2. The maximum absolute atomic E-state index is 12.7. The molecule has 13 heteroatoms. The zero-order valence-corrected chi connectivity index (χ0v) is 21.4. The number of benzene rings is 2. The molecule has 0 spiro atoms. The van der Waals surface area contributed by atoms with Crippen molar-refractivity contribution in [2.24, 2.45) is 7.05 Å². The van der Waals surface area contributed by atoms with Crippen molar-refractivity contribution in [3.05, 3.63) is 60.3 Å². The number of hydrogen-bond donors (Lipinski definition) is 2. The molecular weight excluding hydrogens is 521 g/mol. The van der Waals surface area contributed by atoms with Crippen molar-refractivity contribution in [3.63, 3.8) is 0 Å². The number of hydrogen-bond acceptors (Lipinski definition) is 7. The number of morpholine rings is 1. The van der Waals surface area contributed by atoms with E-state index in [4.69, 9.17) is 24.1 Å². The first-order valence-corrected chi connectivity index (χ1v) is 11.9. The van der Waals surface area contributed by atoms with Crippen LogP contribution in [-0.2, 0) is 16.6 Å². The van der Waals surface area contributed by atoms with Crippen LogP contribution >= 0.6 is 0 Å². The van der Waals surface area contributed by atoms with Gasteiger partial charge >= 0.3 is 12.1 Å². The number of amides is 1. The van der Waals surface area contributed by atoms with Gasteiger partial charge in [-0.3, -0.25) is 14.4 Å². The monoisotopic (exact) mass is 550 g/mol. The van der Waals surface area contributed by atoms with Crippen LogP contribution in [0.5, 0.6) is 11.5 Å². The van der Waals surface area contributed by atoms with Crippen molar-refractivity contribution >= 4 is 17.6 Å². The fourth-order valence-electron chi connectivity index (χ4n) is 3.65. The molecule has 0 radical (unpaired) electrons. The minimum atomic E-state index is -5.08. The molecule has 1 aliphatic heterocycles. The minimum Gasteiger partial charge on any atom is -0.497 e. The van der Waals surface area contributed by atoms with E-state index in [1.165, 1.54) is 0 Å². The van der Waals surface area contributed by atoms with E-state index >= 15 is 0 Å². The summed E-state index contributed by atoms with van der Waals surface area (Å²) in [5.74, 6) is -1.58. The first-order valence-electron chi connectivity index (χ1n) is 11.9. The number of halogens is 3. The molecule has 10 nitrogen and oxygen atoms in total. The number of ether oxygens (including phenoxy) is 3. The Morgan fingerprint density at radius 1 is 1.13 bits per heavy atom. The second kappa shape index (κ2) is 13.6. The molecule has 1 amide bonds. The van der Waals surface area contributed by atoms with Crippen molar-refractivity contribution in [1.29, 1.82) is 0 Å². The Hall–Kier alpha value is -4.10. The minimum absolute atomic E-state index is 0.208. The van der Waals surface area contributed by atoms with Crippen LogP contribution in [0.15, 0.2) is 54.7 Å². The molecule has 4 rings (SSSR count). The molecule has 2 N–H and O–H groups in total. The molecule has 1 aromatic heterocycles. The maximum atomic E-state index is 12.7. The molecule has 0 bridgehead atoms. The van der Waals surface area contributed by atoms with E-state index in [2.05, 4.69) is 15.3 Å². The van der Waals surface area contributed by atoms with E-state index < -0.39 is 12.1 Å². The van der Waals surface area contributed by atoms with Crippen LogP contribution in [-0.4, -0.2) is 84.4 Å². The standard InChI is InChI=1S/C24H28N4O4.C2HF3O2/c1-27-22(8-9-25-27)21-17-19(26-24(29)18-4-3-5-20(16-18)30-2)6-7-23(21)32-15-12-28-10-13-31-14-11-28;3-2(4,5)1(6)7/h3-9,16-17H,10-15H2,1-2H3,(H,26,29);(H,6,7). The van der Waals surface area contributed by atoms with E-state index in [-0.39, 0.29) is 5.91 Å². The normalized spacial score (nSPS) is 13.7. The lowest BCUT2D eigenvalue weighted by Gasteiger charge is -2.26. The Morgan fingerprint density at radius 3 is 2.46 bits per heavy atom. The number of nitrogens with zero attached hydrogens (tertiary/aromatic N) is 3. The molecule has 39 heavy (non-hydrogen) atoms. The molecular formula is C26H29F3N4O6. The lowest BCUT2D eigenvalue weighted by atomic mass is 10.1. The van der Waals surface area contributed by atoms with Gasteiger partial charge in [0.25, 0.3) is 5.91 Å². The Balaban J connectivity index is 0.000000532. The number of aliphatic carboxylic acids is 1. The maximum Gasteiger partial charge on any atom is 0.490 e. The summed E-state index contributed by atoms with van der Waals surface area (Å²) in [6.45, 7) is 4.78. The number of anilines is 1. The highest BCUT2D eigenvalue weighted by Crippen LogP contribution is 2.32.